The van der Waals surface area contributed by atoms with Crippen LogP contribution in [0.25, 0.3) is 0 Å². The zero-order valence-corrected chi connectivity index (χ0v) is 12.0. The number of imide groups is 1. The Morgan fingerprint density at radius 2 is 2.11 bits per heavy atom. The average Bonchev–Trinajstić information content (AvgIpc) is 2.28. The van der Waals surface area contributed by atoms with Gasteiger partial charge < -0.3 is 4.90 Å². The van der Waals surface area contributed by atoms with Crippen LogP contribution in [0.2, 0.25) is 0 Å². The van der Waals surface area contributed by atoms with E-state index in [-0.39, 0.29) is 18.4 Å². The molecule has 1 aromatic heterocycles. The van der Waals surface area contributed by atoms with Gasteiger partial charge in [-0.05, 0) is 48.3 Å². The first-order chi connectivity index (χ1) is 8.34. The van der Waals surface area contributed by atoms with Crippen LogP contribution in [0.5, 0.6) is 0 Å². The maximum absolute atomic E-state index is 11.9. The number of piperazine rings is 1. The SMILES string of the molecule is Cc1ccnc(N2CC(=O)NC(=O)C2(C)C)c1Br. The smallest absolute Gasteiger partial charge is 0.251 e. The molecule has 1 aliphatic heterocycles. The Bertz CT molecular complexity index is 528. The molecule has 0 saturated carbocycles. The number of anilines is 1. The molecule has 5 nitrogen and oxygen atoms in total. The molecule has 0 unspecified atom stereocenters. The van der Waals surface area contributed by atoms with E-state index in [4.69, 9.17) is 0 Å². The molecule has 1 aliphatic rings. The van der Waals surface area contributed by atoms with Crippen LogP contribution >= 0.6 is 15.9 Å². The second kappa shape index (κ2) is 4.35. The van der Waals surface area contributed by atoms with E-state index in [0.29, 0.717) is 5.82 Å². The lowest BCUT2D eigenvalue weighted by molar-refractivity contribution is -0.135. The Morgan fingerprint density at radius 1 is 1.44 bits per heavy atom. The van der Waals surface area contributed by atoms with E-state index in [0.717, 1.165) is 10.0 Å². The first-order valence-electron chi connectivity index (χ1n) is 5.57. The Morgan fingerprint density at radius 3 is 2.78 bits per heavy atom. The number of nitrogens with one attached hydrogen (secondary N) is 1. The number of pyridine rings is 1. The molecule has 0 bridgehead atoms. The van der Waals surface area contributed by atoms with E-state index in [2.05, 4.69) is 26.2 Å². The molecule has 2 heterocycles. The van der Waals surface area contributed by atoms with E-state index in [1.165, 1.54) is 0 Å². The number of amides is 2. The molecule has 0 spiro atoms. The Kier molecular flexibility index (Phi) is 3.14. The summed E-state index contributed by atoms with van der Waals surface area (Å²) >= 11 is 3.46. The molecule has 0 radical (unpaired) electrons. The molecule has 1 saturated heterocycles. The summed E-state index contributed by atoms with van der Waals surface area (Å²) in [6, 6.07) is 1.87. The van der Waals surface area contributed by atoms with Crippen molar-refractivity contribution in [1.82, 2.24) is 10.3 Å². The highest BCUT2D eigenvalue weighted by Gasteiger charge is 2.42. The summed E-state index contributed by atoms with van der Waals surface area (Å²) in [5.41, 5.74) is 0.200. The minimum absolute atomic E-state index is 0.119. The number of nitrogens with zero attached hydrogens (tertiary/aromatic N) is 2. The Hall–Kier alpha value is -1.43. The van der Waals surface area contributed by atoms with E-state index in [1.54, 1.807) is 24.9 Å². The topological polar surface area (TPSA) is 62.3 Å². The average molecular weight is 312 g/mol. The number of carbonyl (C=O) groups is 2. The van der Waals surface area contributed by atoms with Crippen molar-refractivity contribution in [2.24, 2.45) is 0 Å². The van der Waals surface area contributed by atoms with Gasteiger partial charge in [0.05, 0.1) is 11.0 Å². The lowest BCUT2D eigenvalue weighted by atomic mass is 9.98. The first kappa shape index (κ1) is 13.0. The number of halogens is 1. The Balaban J connectivity index is 2.51. The number of hydrogen-bond donors (Lipinski definition) is 1. The minimum atomic E-state index is -0.808. The van der Waals surface area contributed by atoms with Crippen LogP contribution in [0.4, 0.5) is 5.82 Å². The first-order valence-corrected chi connectivity index (χ1v) is 6.36. The van der Waals surface area contributed by atoms with Crippen molar-refractivity contribution in [1.29, 1.82) is 0 Å². The van der Waals surface area contributed by atoms with Crippen molar-refractivity contribution in [2.75, 3.05) is 11.4 Å². The lowest BCUT2D eigenvalue weighted by Crippen LogP contribution is -2.64. The fourth-order valence-corrected chi connectivity index (χ4v) is 2.29. The van der Waals surface area contributed by atoms with Gasteiger partial charge in [-0.1, -0.05) is 0 Å². The maximum atomic E-state index is 11.9. The largest absolute Gasteiger partial charge is 0.332 e. The van der Waals surface area contributed by atoms with Gasteiger partial charge in [-0.15, -0.1) is 0 Å². The van der Waals surface area contributed by atoms with Crippen LogP contribution in [0, 0.1) is 6.92 Å². The molecule has 1 aromatic rings. The molecule has 2 amide bonds. The predicted octanol–water partition coefficient (Wildman–Crippen LogP) is 1.39. The van der Waals surface area contributed by atoms with Crippen LogP contribution in [0.15, 0.2) is 16.7 Å². The second-order valence-electron chi connectivity index (χ2n) is 4.79. The Labute approximate surface area is 114 Å². The maximum Gasteiger partial charge on any atom is 0.251 e. The number of aromatic nitrogens is 1. The van der Waals surface area contributed by atoms with Crippen LogP contribution in [0.1, 0.15) is 19.4 Å². The van der Waals surface area contributed by atoms with Gasteiger partial charge >= 0.3 is 0 Å². The van der Waals surface area contributed by atoms with Crippen molar-refractivity contribution in [3.05, 3.63) is 22.3 Å². The fourth-order valence-electron chi connectivity index (χ4n) is 1.84. The molecule has 6 heteroatoms. The molecule has 0 atom stereocenters. The third-order valence-corrected chi connectivity index (χ3v) is 4.08. The van der Waals surface area contributed by atoms with Crippen LogP contribution in [-0.4, -0.2) is 28.9 Å². The molecule has 1 fully saturated rings. The quantitative estimate of drug-likeness (QED) is 0.796. The summed E-state index contributed by atoms with van der Waals surface area (Å²) in [7, 11) is 0. The second-order valence-corrected chi connectivity index (χ2v) is 5.58. The van der Waals surface area contributed by atoms with Gasteiger partial charge in [0, 0.05) is 6.20 Å². The van der Waals surface area contributed by atoms with Crippen LogP contribution < -0.4 is 10.2 Å². The number of hydrogen-bond acceptors (Lipinski definition) is 4. The van der Waals surface area contributed by atoms with Crippen molar-refractivity contribution in [3.8, 4) is 0 Å². The van der Waals surface area contributed by atoms with Crippen molar-refractivity contribution < 1.29 is 9.59 Å². The highest BCUT2D eigenvalue weighted by atomic mass is 79.9. The number of aryl methyl sites for hydroxylation is 1. The van der Waals surface area contributed by atoms with E-state index >= 15 is 0 Å². The minimum Gasteiger partial charge on any atom is -0.332 e. The van der Waals surface area contributed by atoms with Gasteiger partial charge in [-0.25, -0.2) is 4.98 Å². The van der Waals surface area contributed by atoms with Crippen molar-refractivity contribution in [3.63, 3.8) is 0 Å². The van der Waals surface area contributed by atoms with E-state index in [9.17, 15) is 9.59 Å². The molecule has 96 valence electrons. The monoisotopic (exact) mass is 311 g/mol. The van der Waals surface area contributed by atoms with Gasteiger partial charge in [-0.3, -0.25) is 14.9 Å². The zero-order chi connectivity index (χ0) is 13.5. The molecular formula is C12H14BrN3O2. The fraction of sp³-hybridized carbons (Fsp3) is 0.417. The summed E-state index contributed by atoms with van der Waals surface area (Å²) < 4.78 is 0.806. The molecule has 0 aromatic carbocycles. The summed E-state index contributed by atoms with van der Waals surface area (Å²) in [4.78, 5) is 29.4. The van der Waals surface area contributed by atoms with Gasteiger partial charge in [0.1, 0.15) is 11.4 Å². The summed E-state index contributed by atoms with van der Waals surface area (Å²) in [6.45, 7) is 5.60. The highest BCUT2D eigenvalue weighted by molar-refractivity contribution is 9.10. The number of carbonyl (C=O) groups excluding carboxylic acids is 2. The third-order valence-electron chi connectivity index (χ3n) is 3.10. The van der Waals surface area contributed by atoms with Crippen molar-refractivity contribution >= 4 is 33.6 Å². The van der Waals surface area contributed by atoms with Crippen molar-refractivity contribution in [2.45, 2.75) is 26.3 Å². The lowest BCUT2D eigenvalue weighted by Gasteiger charge is -2.41. The van der Waals surface area contributed by atoms with E-state index < -0.39 is 5.54 Å². The standard InChI is InChI=1S/C12H14BrN3O2/c1-7-4-5-14-10(9(7)13)16-6-8(17)15-11(18)12(16,2)3/h4-5H,6H2,1-3H3,(H,15,17,18). The summed E-state index contributed by atoms with van der Waals surface area (Å²) in [5, 5.41) is 2.34. The predicted molar refractivity (Wildman–Crippen MR) is 71.2 cm³/mol. The molecule has 0 aliphatic carbocycles. The van der Waals surface area contributed by atoms with Gasteiger partial charge in [-0.2, -0.15) is 0 Å². The normalized spacial score (nSPS) is 18.8. The number of rotatable bonds is 1. The molecule has 2 rings (SSSR count). The van der Waals surface area contributed by atoms with Gasteiger partial charge in [0.25, 0.3) is 5.91 Å². The molecule has 1 N–H and O–H groups in total. The summed E-state index contributed by atoms with van der Waals surface area (Å²) in [6.07, 6.45) is 1.67. The van der Waals surface area contributed by atoms with Gasteiger partial charge in [0.15, 0.2) is 0 Å². The summed E-state index contributed by atoms with van der Waals surface area (Å²) in [5.74, 6) is -0.00770. The van der Waals surface area contributed by atoms with E-state index in [1.807, 2.05) is 13.0 Å². The van der Waals surface area contributed by atoms with Crippen LogP contribution in [-0.2, 0) is 9.59 Å². The highest BCUT2D eigenvalue weighted by Crippen LogP contribution is 2.32. The molecule has 18 heavy (non-hydrogen) atoms. The van der Waals surface area contributed by atoms with Gasteiger partial charge in [0.2, 0.25) is 5.91 Å². The van der Waals surface area contributed by atoms with Crippen LogP contribution in [0.3, 0.4) is 0 Å². The zero-order valence-electron chi connectivity index (χ0n) is 10.5. The third kappa shape index (κ3) is 2.01. The molecular weight excluding hydrogens is 298 g/mol.